The van der Waals surface area contributed by atoms with E-state index in [1.54, 1.807) is 6.08 Å². The number of rotatable bonds is 8. The van der Waals surface area contributed by atoms with E-state index in [1.807, 2.05) is 37.3 Å². The number of ether oxygens (including phenoxy) is 2. The Kier molecular flexibility index (Phi) is 7.63. The molecule has 0 aromatic heterocycles. The predicted molar refractivity (Wildman–Crippen MR) is 116 cm³/mol. The van der Waals surface area contributed by atoms with Crippen molar-refractivity contribution in [2.75, 3.05) is 32.8 Å². The zero-order chi connectivity index (χ0) is 23.1. The predicted octanol–water partition coefficient (Wildman–Crippen LogP) is 3.38. The van der Waals surface area contributed by atoms with Gasteiger partial charge >= 0.3 is 5.97 Å². The lowest BCUT2D eigenvalue weighted by atomic mass is 10.1. The molecule has 10 nitrogen and oxygen atoms in total. The molecule has 10 heteroatoms. The largest absolute Gasteiger partial charge is 0.453 e. The van der Waals surface area contributed by atoms with E-state index < -0.39 is 33.3 Å². The maximum absolute atomic E-state index is 12.8. The van der Waals surface area contributed by atoms with E-state index in [4.69, 9.17) is 9.47 Å². The molecule has 1 heterocycles. The number of morpholine rings is 1. The van der Waals surface area contributed by atoms with Crippen LogP contribution in [0.2, 0.25) is 0 Å². The van der Waals surface area contributed by atoms with Crippen molar-refractivity contribution in [3.63, 3.8) is 0 Å². The Bertz CT molecular complexity index is 982. The second kappa shape index (κ2) is 10.6. The molecule has 0 bridgehead atoms. The Labute approximate surface area is 184 Å². The van der Waals surface area contributed by atoms with E-state index in [2.05, 4.69) is 4.90 Å². The van der Waals surface area contributed by atoms with Crippen LogP contribution in [0.3, 0.4) is 0 Å². The molecule has 3 rings (SSSR count). The van der Waals surface area contributed by atoms with Crippen molar-refractivity contribution >= 4 is 23.4 Å². The molecule has 2 aromatic rings. The maximum Gasteiger partial charge on any atom is 0.339 e. The number of hydrogen-bond donors (Lipinski definition) is 0. The minimum atomic E-state index is -0.872. The van der Waals surface area contributed by atoms with Crippen LogP contribution in [0, 0.1) is 27.2 Å². The topological polar surface area (TPSA) is 125 Å². The molecule has 0 aliphatic carbocycles. The van der Waals surface area contributed by atoms with Crippen molar-refractivity contribution in [2.24, 2.45) is 0 Å². The Morgan fingerprint density at radius 3 is 2.25 bits per heavy atom. The number of nitro benzene ring substituents is 2. The number of benzene rings is 2. The van der Waals surface area contributed by atoms with E-state index in [1.165, 1.54) is 0 Å². The summed E-state index contributed by atoms with van der Waals surface area (Å²) in [6, 6.07) is 10.6. The van der Waals surface area contributed by atoms with E-state index in [-0.39, 0.29) is 5.56 Å². The first kappa shape index (κ1) is 23.0. The number of hydrogen-bond acceptors (Lipinski definition) is 8. The number of nitrogens with zero attached hydrogens (tertiary/aromatic N) is 3. The number of carbonyl (C=O) groups is 1. The third-order valence-corrected chi connectivity index (χ3v) is 4.94. The molecular weight excluding hydrogens is 418 g/mol. The fourth-order valence-electron chi connectivity index (χ4n) is 3.20. The Hall–Kier alpha value is -3.63. The summed E-state index contributed by atoms with van der Waals surface area (Å²) in [5.41, 5.74) is 0.689. The van der Waals surface area contributed by atoms with Crippen LogP contribution in [0.5, 0.6) is 0 Å². The molecule has 32 heavy (non-hydrogen) atoms. The lowest BCUT2D eigenvalue weighted by molar-refractivity contribution is -0.394. The molecule has 1 fully saturated rings. The van der Waals surface area contributed by atoms with Gasteiger partial charge in [0.25, 0.3) is 11.4 Å². The van der Waals surface area contributed by atoms with Crippen molar-refractivity contribution in [3.8, 4) is 0 Å². The minimum Gasteiger partial charge on any atom is -0.453 e. The fraction of sp³-hybridized carbons (Fsp3) is 0.318. The summed E-state index contributed by atoms with van der Waals surface area (Å²) in [7, 11) is 0. The van der Waals surface area contributed by atoms with Crippen LogP contribution in [0.4, 0.5) is 11.4 Å². The number of non-ortho nitro benzene ring substituents is 2. The number of nitro groups is 2. The molecule has 2 aromatic carbocycles. The third kappa shape index (κ3) is 6.43. The van der Waals surface area contributed by atoms with E-state index in [9.17, 15) is 25.0 Å². The SMILES string of the molecule is Cc1ccc(/C=C/C(CN2CCOCC2)OC(=O)c2cc([N+](=O)[O-])cc([N+](=O)[O-])c2)cc1. The number of esters is 1. The normalized spacial score (nSPS) is 15.4. The van der Waals surface area contributed by atoms with Gasteiger partial charge < -0.3 is 9.47 Å². The zero-order valence-electron chi connectivity index (χ0n) is 17.5. The first-order valence-electron chi connectivity index (χ1n) is 10.0. The molecule has 1 atom stereocenters. The summed E-state index contributed by atoms with van der Waals surface area (Å²) in [5, 5.41) is 22.2. The van der Waals surface area contributed by atoms with Crippen molar-refractivity contribution in [1.29, 1.82) is 0 Å². The Morgan fingerprint density at radius 2 is 1.69 bits per heavy atom. The van der Waals surface area contributed by atoms with Crippen molar-refractivity contribution in [3.05, 3.63) is 85.5 Å². The van der Waals surface area contributed by atoms with E-state index >= 15 is 0 Å². The highest BCUT2D eigenvalue weighted by atomic mass is 16.6. The second-order valence-corrected chi connectivity index (χ2v) is 7.38. The third-order valence-electron chi connectivity index (χ3n) is 4.94. The molecule has 1 unspecified atom stereocenters. The smallest absolute Gasteiger partial charge is 0.339 e. The summed E-state index contributed by atoms with van der Waals surface area (Å²) in [5.74, 6) is -0.872. The molecule has 0 radical (unpaired) electrons. The maximum atomic E-state index is 12.8. The summed E-state index contributed by atoms with van der Waals surface area (Å²) >= 11 is 0. The van der Waals surface area contributed by atoms with Gasteiger partial charge in [-0.1, -0.05) is 35.9 Å². The second-order valence-electron chi connectivity index (χ2n) is 7.38. The van der Waals surface area contributed by atoms with Crippen LogP contribution >= 0.6 is 0 Å². The molecule has 1 aliphatic rings. The van der Waals surface area contributed by atoms with Crippen molar-refractivity contribution in [2.45, 2.75) is 13.0 Å². The molecule has 0 spiro atoms. The minimum absolute atomic E-state index is 0.249. The number of aryl methyl sites for hydroxylation is 1. The van der Waals surface area contributed by atoms with E-state index in [0.717, 1.165) is 29.3 Å². The van der Waals surface area contributed by atoms with E-state index in [0.29, 0.717) is 32.8 Å². The first-order valence-corrected chi connectivity index (χ1v) is 10.0. The molecule has 0 amide bonds. The van der Waals surface area contributed by atoms with Crippen LogP contribution in [0.1, 0.15) is 21.5 Å². The van der Waals surface area contributed by atoms with Gasteiger partial charge in [-0.3, -0.25) is 25.1 Å². The summed E-state index contributed by atoms with van der Waals surface area (Å²) < 4.78 is 10.9. The molecule has 1 saturated heterocycles. The highest BCUT2D eigenvalue weighted by Crippen LogP contribution is 2.24. The van der Waals surface area contributed by atoms with Gasteiger partial charge in [-0.2, -0.15) is 0 Å². The molecule has 0 N–H and O–H groups in total. The molecule has 168 valence electrons. The van der Waals surface area contributed by atoms with Crippen LogP contribution in [0.25, 0.3) is 6.08 Å². The lowest BCUT2D eigenvalue weighted by Crippen LogP contribution is -2.41. The lowest BCUT2D eigenvalue weighted by Gasteiger charge is -2.29. The zero-order valence-corrected chi connectivity index (χ0v) is 17.5. The first-order chi connectivity index (χ1) is 15.3. The molecular formula is C22H23N3O7. The van der Waals surface area contributed by atoms with Gasteiger partial charge in [-0.25, -0.2) is 4.79 Å². The highest BCUT2D eigenvalue weighted by Gasteiger charge is 2.24. The van der Waals surface area contributed by atoms with Gasteiger partial charge in [0.1, 0.15) is 6.10 Å². The monoisotopic (exact) mass is 441 g/mol. The molecule has 1 aliphatic heterocycles. The van der Waals surface area contributed by atoms with Crippen molar-refractivity contribution in [1.82, 2.24) is 4.90 Å². The molecule has 0 saturated carbocycles. The average Bonchev–Trinajstić information content (AvgIpc) is 2.78. The van der Waals surface area contributed by atoms with Gasteiger partial charge in [-0.15, -0.1) is 0 Å². The summed E-state index contributed by atoms with van der Waals surface area (Å²) in [4.78, 5) is 35.5. The van der Waals surface area contributed by atoms with Crippen LogP contribution in [0.15, 0.2) is 48.5 Å². The fourth-order valence-corrected chi connectivity index (χ4v) is 3.20. The average molecular weight is 441 g/mol. The van der Waals surface area contributed by atoms with Crippen LogP contribution < -0.4 is 0 Å². The summed E-state index contributed by atoms with van der Waals surface area (Å²) in [6.07, 6.45) is 2.90. The Balaban J connectivity index is 1.82. The quantitative estimate of drug-likeness (QED) is 0.347. The van der Waals surface area contributed by atoms with Gasteiger partial charge in [0.15, 0.2) is 0 Å². The van der Waals surface area contributed by atoms with Crippen LogP contribution in [-0.2, 0) is 9.47 Å². The highest BCUT2D eigenvalue weighted by molar-refractivity contribution is 5.91. The number of carbonyl (C=O) groups excluding carboxylic acids is 1. The van der Waals surface area contributed by atoms with Gasteiger partial charge in [-0.05, 0) is 18.6 Å². The van der Waals surface area contributed by atoms with Crippen molar-refractivity contribution < 1.29 is 24.1 Å². The van der Waals surface area contributed by atoms with Gasteiger partial charge in [0, 0.05) is 31.8 Å². The van der Waals surface area contributed by atoms with Crippen LogP contribution in [-0.4, -0.2) is 59.7 Å². The standard InChI is InChI=1S/C22H23N3O7/c1-16-2-4-17(5-3-16)6-7-21(15-23-8-10-31-11-9-23)32-22(26)18-12-19(24(27)28)14-20(13-18)25(29)30/h2-7,12-14,21H,8-11,15H2,1H3/b7-6+. The Morgan fingerprint density at radius 1 is 1.09 bits per heavy atom. The van der Waals surface area contributed by atoms with Gasteiger partial charge in [0.05, 0.1) is 34.7 Å². The van der Waals surface area contributed by atoms with Gasteiger partial charge in [0.2, 0.25) is 0 Å². The summed E-state index contributed by atoms with van der Waals surface area (Å²) in [6.45, 7) is 4.87.